The number of nitrogens with two attached hydrogens (primary N) is 1. The van der Waals surface area contributed by atoms with E-state index in [1.54, 1.807) is 29.5 Å². The van der Waals surface area contributed by atoms with Gasteiger partial charge in [-0.25, -0.2) is 0 Å². The number of ether oxygens (including phenoxy) is 1. The van der Waals surface area contributed by atoms with Crippen molar-refractivity contribution in [1.29, 1.82) is 0 Å². The number of fused-ring (bicyclic) bond motifs is 1. The molecule has 0 aliphatic rings. The fraction of sp³-hybridized carbons (Fsp3) is 0.125. The highest BCUT2D eigenvalue weighted by molar-refractivity contribution is 7.17. The van der Waals surface area contributed by atoms with E-state index in [0.29, 0.717) is 18.9 Å². The van der Waals surface area contributed by atoms with Gasteiger partial charge < -0.3 is 15.6 Å². The van der Waals surface area contributed by atoms with Crippen LogP contribution in [-0.4, -0.2) is 5.11 Å². The molecule has 0 aliphatic carbocycles. The van der Waals surface area contributed by atoms with Gasteiger partial charge in [0.05, 0.1) is 0 Å². The van der Waals surface area contributed by atoms with Crippen molar-refractivity contribution in [1.82, 2.24) is 0 Å². The minimum Gasteiger partial charge on any atom is -0.508 e. The van der Waals surface area contributed by atoms with Gasteiger partial charge in [0.25, 0.3) is 0 Å². The van der Waals surface area contributed by atoms with Gasteiger partial charge in [0.15, 0.2) is 0 Å². The van der Waals surface area contributed by atoms with Crippen LogP contribution in [0.15, 0.2) is 47.8 Å². The first kappa shape index (κ1) is 13.0. The molecule has 0 fully saturated rings. The summed E-state index contributed by atoms with van der Waals surface area (Å²) in [5.41, 5.74) is 7.94. The number of thiophene rings is 1. The molecule has 0 radical (unpaired) electrons. The number of phenolic OH excluding ortho intramolecular Hbond substituents is 1. The summed E-state index contributed by atoms with van der Waals surface area (Å²) >= 11 is 1.70. The van der Waals surface area contributed by atoms with Crippen LogP contribution in [0.2, 0.25) is 0 Å². The molecule has 0 unspecified atom stereocenters. The van der Waals surface area contributed by atoms with Gasteiger partial charge in [0, 0.05) is 22.9 Å². The fourth-order valence-corrected chi connectivity index (χ4v) is 3.11. The second-order valence-electron chi connectivity index (χ2n) is 4.58. The SMILES string of the molecule is NCc1ccc2c(COc3cccc(O)c3)csc2c1. The Morgan fingerprint density at radius 2 is 2.05 bits per heavy atom. The number of hydrogen-bond acceptors (Lipinski definition) is 4. The van der Waals surface area contributed by atoms with E-state index in [0.717, 1.165) is 11.1 Å². The molecule has 0 atom stereocenters. The third kappa shape index (κ3) is 2.61. The number of aromatic hydroxyl groups is 1. The van der Waals surface area contributed by atoms with Gasteiger partial charge in [0.1, 0.15) is 18.1 Å². The smallest absolute Gasteiger partial charge is 0.123 e. The third-order valence-electron chi connectivity index (χ3n) is 3.17. The van der Waals surface area contributed by atoms with Gasteiger partial charge in [-0.05, 0) is 34.5 Å². The van der Waals surface area contributed by atoms with E-state index in [2.05, 4.69) is 17.5 Å². The summed E-state index contributed by atoms with van der Waals surface area (Å²) in [5.74, 6) is 0.883. The minimum atomic E-state index is 0.213. The first-order chi connectivity index (χ1) is 9.76. The largest absolute Gasteiger partial charge is 0.508 e. The van der Waals surface area contributed by atoms with Crippen molar-refractivity contribution >= 4 is 21.4 Å². The second-order valence-corrected chi connectivity index (χ2v) is 5.49. The molecule has 3 rings (SSSR count). The Hall–Kier alpha value is -2.04. The van der Waals surface area contributed by atoms with Crippen LogP contribution in [-0.2, 0) is 13.2 Å². The first-order valence-corrected chi connectivity index (χ1v) is 7.25. The first-order valence-electron chi connectivity index (χ1n) is 6.37. The molecule has 2 aromatic carbocycles. The standard InChI is InChI=1S/C16H15NO2S/c17-8-11-4-5-15-12(10-20-16(15)6-11)9-19-14-3-1-2-13(18)7-14/h1-7,10,18H,8-9,17H2. The van der Waals surface area contributed by atoms with Crippen molar-refractivity contribution in [2.24, 2.45) is 5.73 Å². The lowest BCUT2D eigenvalue weighted by Crippen LogP contribution is -1.96. The Morgan fingerprint density at radius 3 is 2.85 bits per heavy atom. The minimum absolute atomic E-state index is 0.213. The van der Waals surface area contributed by atoms with Gasteiger partial charge in [0.2, 0.25) is 0 Å². The van der Waals surface area contributed by atoms with E-state index in [4.69, 9.17) is 10.5 Å². The third-order valence-corrected chi connectivity index (χ3v) is 4.16. The lowest BCUT2D eigenvalue weighted by Gasteiger charge is -2.06. The number of hydrogen-bond donors (Lipinski definition) is 2. The molecule has 102 valence electrons. The van der Waals surface area contributed by atoms with Gasteiger partial charge in [-0.3, -0.25) is 0 Å². The molecule has 3 aromatic rings. The van der Waals surface area contributed by atoms with Crippen LogP contribution in [0.4, 0.5) is 0 Å². The van der Waals surface area contributed by atoms with Gasteiger partial charge in [-0.2, -0.15) is 0 Å². The zero-order chi connectivity index (χ0) is 13.9. The Kier molecular flexibility index (Phi) is 3.58. The van der Waals surface area contributed by atoms with Crippen LogP contribution in [0.5, 0.6) is 11.5 Å². The average molecular weight is 285 g/mol. The molecule has 3 N–H and O–H groups in total. The van der Waals surface area contributed by atoms with Gasteiger partial charge >= 0.3 is 0 Å². The molecule has 0 saturated heterocycles. The van der Waals surface area contributed by atoms with Gasteiger partial charge in [-0.15, -0.1) is 11.3 Å². The van der Waals surface area contributed by atoms with Crippen LogP contribution in [0.1, 0.15) is 11.1 Å². The lowest BCUT2D eigenvalue weighted by molar-refractivity contribution is 0.306. The Morgan fingerprint density at radius 1 is 1.15 bits per heavy atom. The Bertz CT molecular complexity index is 736. The van der Waals surface area contributed by atoms with Crippen molar-refractivity contribution in [3.05, 3.63) is 59.0 Å². The van der Waals surface area contributed by atoms with Gasteiger partial charge in [-0.1, -0.05) is 18.2 Å². The molecule has 3 nitrogen and oxygen atoms in total. The summed E-state index contributed by atoms with van der Waals surface area (Å²) in [6.45, 7) is 1.05. The highest BCUT2D eigenvalue weighted by Crippen LogP contribution is 2.28. The van der Waals surface area contributed by atoms with Crippen molar-refractivity contribution in [3.63, 3.8) is 0 Å². The maximum Gasteiger partial charge on any atom is 0.123 e. The van der Waals surface area contributed by atoms with Crippen LogP contribution in [0, 0.1) is 0 Å². The maximum absolute atomic E-state index is 9.41. The molecule has 0 bridgehead atoms. The van der Waals surface area contributed by atoms with E-state index in [1.807, 2.05) is 12.1 Å². The topological polar surface area (TPSA) is 55.5 Å². The summed E-state index contributed by atoms with van der Waals surface area (Å²) < 4.78 is 6.94. The van der Waals surface area contributed by atoms with E-state index < -0.39 is 0 Å². The number of phenols is 1. The molecular formula is C16H15NO2S. The lowest BCUT2D eigenvalue weighted by atomic mass is 10.1. The summed E-state index contributed by atoms with van der Waals surface area (Å²) in [5, 5.41) is 12.7. The van der Waals surface area contributed by atoms with Crippen molar-refractivity contribution < 1.29 is 9.84 Å². The summed E-state index contributed by atoms with van der Waals surface area (Å²) in [6.07, 6.45) is 0. The van der Waals surface area contributed by atoms with Crippen molar-refractivity contribution in [2.75, 3.05) is 0 Å². The van der Waals surface area contributed by atoms with Crippen LogP contribution in [0.25, 0.3) is 10.1 Å². The Labute approximate surface area is 121 Å². The van der Waals surface area contributed by atoms with E-state index in [1.165, 1.54) is 10.1 Å². The van der Waals surface area contributed by atoms with Crippen LogP contribution < -0.4 is 10.5 Å². The molecule has 0 spiro atoms. The molecule has 0 amide bonds. The molecule has 4 heteroatoms. The van der Waals surface area contributed by atoms with Crippen LogP contribution >= 0.6 is 11.3 Å². The van der Waals surface area contributed by atoms with E-state index >= 15 is 0 Å². The molecular weight excluding hydrogens is 270 g/mol. The molecule has 1 heterocycles. The zero-order valence-corrected chi connectivity index (χ0v) is 11.7. The predicted octanol–water partition coefficient (Wildman–Crippen LogP) is 3.64. The second kappa shape index (κ2) is 5.53. The summed E-state index contributed by atoms with van der Waals surface area (Å²) in [6, 6.07) is 13.1. The van der Waals surface area contributed by atoms with E-state index in [9.17, 15) is 5.11 Å². The Balaban J connectivity index is 1.81. The van der Waals surface area contributed by atoms with Crippen LogP contribution in [0.3, 0.4) is 0 Å². The predicted molar refractivity (Wildman–Crippen MR) is 82.2 cm³/mol. The fourth-order valence-electron chi connectivity index (χ4n) is 2.10. The summed E-state index contributed by atoms with van der Waals surface area (Å²) in [4.78, 5) is 0. The monoisotopic (exact) mass is 285 g/mol. The average Bonchev–Trinajstić information content (AvgIpc) is 2.87. The highest BCUT2D eigenvalue weighted by Gasteiger charge is 2.06. The normalized spacial score (nSPS) is 10.8. The van der Waals surface area contributed by atoms with E-state index in [-0.39, 0.29) is 5.75 Å². The zero-order valence-electron chi connectivity index (χ0n) is 10.9. The van der Waals surface area contributed by atoms with Crippen molar-refractivity contribution in [3.8, 4) is 11.5 Å². The molecule has 20 heavy (non-hydrogen) atoms. The quantitative estimate of drug-likeness (QED) is 0.769. The number of rotatable bonds is 4. The molecule has 0 saturated carbocycles. The molecule has 0 aliphatic heterocycles. The maximum atomic E-state index is 9.41. The highest BCUT2D eigenvalue weighted by atomic mass is 32.1. The van der Waals surface area contributed by atoms with Crippen molar-refractivity contribution in [2.45, 2.75) is 13.2 Å². The number of benzene rings is 2. The summed E-state index contributed by atoms with van der Waals surface area (Å²) in [7, 11) is 0. The molecule has 1 aromatic heterocycles.